The average Bonchev–Trinajstić information content (AvgIpc) is 2.74. The van der Waals surface area contributed by atoms with E-state index in [1.54, 1.807) is 12.1 Å². The van der Waals surface area contributed by atoms with Crippen LogP contribution in [-0.2, 0) is 10.8 Å². The molecule has 1 nitrogen and oxygen atoms in total. The molecule has 0 amide bonds. The first-order chi connectivity index (χ1) is 15.3. The number of rotatable bonds is 4. The van der Waals surface area contributed by atoms with Crippen LogP contribution in [0.2, 0.25) is 0 Å². The summed E-state index contributed by atoms with van der Waals surface area (Å²) in [6.07, 6.45) is 0. The Kier molecular flexibility index (Phi) is 5.88. The van der Waals surface area contributed by atoms with Gasteiger partial charge in [0.05, 0.1) is 21.9 Å². The van der Waals surface area contributed by atoms with Gasteiger partial charge in [-0.05, 0) is 11.1 Å². The second-order valence-corrected chi connectivity index (χ2v) is 8.07. The lowest BCUT2D eigenvalue weighted by atomic mass is 10.0. The number of benzene rings is 4. The van der Waals surface area contributed by atoms with Gasteiger partial charge in [0, 0.05) is 12.1 Å². The molecule has 0 atom stereocenters. The van der Waals surface area contributed by atoms with Crippen molar-refractivity contribution >= 4 is 10.8 Å². The van der Waals surface area contributed by atoms with E-state index in [0.29, 0.717) is 0 Å². The summed E-state index contributed by atoms with van der Waals surface area (Å²) in [5.74, 6) is -8.90. The smallest absolute Gasteiger partial charge is 0.153 e. The van der Waals surface area contributed by atoms with Gasteiger partial charge in [0.1, 0.15) is 33.1 Å². The SMILES string of the molecule is O=S(c1c(F)cc(F)c(-c2ccccc2)c1F)c1c(F)cc(F)c(-c2ccccc2)c1F. The van der Waals surface area contributed by atoms with Crippen LogP contribution in [0, 0.1) is 34.9 Å². The minimum atomic E-state index is -3.11. The summed E-state index contributed by atoms with van der Waals surface area (Å²) in [7, 11) is -3.11. The van der Waals surface area contributed by atoms with Gasteiger partial charge in [-0.1, -0.05) is 60.7 Å². The lowest BCUT2D eigenvalue weighted by Gasteiger charge is -2.14. The van der Waals surface area contributed by atoms with Gasteiger partial charge in [-0.15, -0.1) is 0 Å². The summed E-state index contributed by atoms with van der Waals surface area (Å²) in [4.78, 5) is -2.48. The number of hydrogen-bond acceptors (Lipinski definition) is 1. The third kappa shape index (κ3) is 3.71. The van der Waals surface area contributed by atoms with Crippen LogP contribution in [0.5, 0.6) is 0 Å². The van der Waals surface area contributed by atoms with Crippen molar-refractivity contribution < 1.29 is 30.6 Å². The van der Waals surface area contributed by atoms with Gasteiger partial charge in [-0.2, -0.15) is 0 Å². The third-order valence-corrected chi connectivity index (χ3v) is 6.24. The zero-order chi connectivity index (χ0) is 23.0. The van der Waals surface area contributed by atoms with Crippen molar-refractivity contribution in [2.45, 2.75) is 9.79 Å². The maximum atomic E-state index is 15.2. The first-order valence-electron chi connectivity index (χ1n) is 9.18. The average molecular weight is 462 g/mol. The van der Waals surface area contributed by atoms with Crippen LogP contribution < -0.4 is 0 Å². The number of hydrogen-bond donors (Lipinski definition) is 0. The lowest BCUT2D eigenvalue weighted by Crippen LogP contribution is -2.09. The molecular weight excluding hydrogens is 450 g/mol. The molecular formula is C24H12F6OS. The highest BCUT2D eigenvalue weighted by molar-refractivity contribution is 7.85. The quantitative estimate of drug-likeness (QED) is 0.298. The molecule has 0 saturated heterocycles. The maximum absolute atomic E-state index is 15.2. The van der Waals surface area contributed by atoms with E-state index >= 15 is 8.78 Å². The van der Waals surface area contributed by atoms with Crippen LogP contribution in [0.25, 0.3) is 22.3 Å². The minimum absolute atomic E-state index is 0.00535. The fourth-order valence-electron chi connectivity index (χ4n) is 3.33. The van der Waals surface area contributed by atoms with Crippen molar-refractivity contribution in [1.29, 1.82) is 0 Å². The van der Waals surface area contributed by atoms with Crippen LogP contribution in [0.1, 0.15) is 0 Å². The van der Waals surface area contributed by atoms with E-state index < -0.39 is 66.6 Å². The van der Waals surface area contributed by atoms with Crippen LogP contribution in [0.15, 0.2) is 82.6 Å². The van der Waals surface area contributed by atoms with Gasteiger partial charge in [-0.3, -0.25) is 0 Å². The zero-order valence-electron chi connectivity index (χ0n) is 16.0. The fraction of sp³-hybridized carbons (Fsp3) is 0. The predicted octanol–water partition coefficient (Wildman–Crippen LogP) is 7.02. The summed E-state index contributed by atoms with van der Waals surface area (Å²) in [5, 5.41) is 0. The molecule has 8 heteroatoms. The Morgan fingerprint density at radius 2 is 0.844 bits per heavy atom. The van der Waals surface area contributed by atoms with E-state index in [1.165, 1.54) is 48.5 Å². The Morgan fingerprint density at radius 1 is 0.500 bits per heavy atom. The predicted molar refractivity (Wildman–Crippen MR) is 108 cm³/mol. The molecule has 0 fully saturated rings. The van der Waals surface area contributed by atoms with Gasteiger partial charge in [-0.25, -0.2) is 30.6 Å². The van der Waals surface area contributed by atoms with Crippen molar-refractivity contribution in [3.05, 3.63) is 108 Å². The second kappa shape index (κ2) is 8.63. The van der Waals surface area contributed by atoms with E-state index in [4.69, 9.17) is 0 Å². The van der Waals surface area contributed by atoms with E-state index in [2.05, 4.69) is 0 Å². The number of halogens is 6. The monoisotopic (exact) mass is 462 g/mol. The molecule has 4 rings (SSSR count). The molecule has 0 unspecified atom stereocenters. The molecule has 0 spiro atoms. The zero-order valence-corrected chi connectivity index (χ0v) is 16.8. The Morgan fingerprint density at radius 3 is 1.19 bits per heavy atom. The van der Waals surface area contributed by atoms with Gasteiger partial charge in [0.25, 0.3) is 0 Å². The van der Waals surface area contributed by atoms with Crippen LogP contribution in [0.4, 0.5) is 26.3 Å². The van der Waals surface area contributed by atoms with Gasteiger partial charge >= 0.3 is 0 Å². The van der Waals surface area contributed by atoms with E-state index in [0.717, 1.165) is 0 Å². The topological polar surface area (TPSA) is 17.1 Å². The molecule has 0 saturated carbocycles. The molecule has 162 valence electrons. The Labute approximate surface area is 181 Å². The van der Waals surface area contributed by atoms with Crippen LogP contribution in [0.3, 0.4) is 0 Å². The van der Waals surface area contributed by atoms with Gasteiger partial charge in [0.15, 0.2) is 11.6 Å². The maximum Gasteiger partial charge on any atom is 0.153 e. The molecule has 0 aliphatic carbocycles. The summed E-state index contributed by atoms with van der Waals surface area (Å²) < 4.78 is 101. The standard InChI is InChI=1S/C24H12F6OS/c25-15-11-17(27)23(21(29)19(15)13-7-3-1-4-8-13)32(31)24-18(28)12-16(26)20(22(24)30)14-9-5-2-6-10-14/h1-12H. The molecule has 0 bridgehead atoms. The third-order valence-electron chi connectivity index (χ3n) is 4.75. The Balaban J connectivity index is 1.95. The van der Waals surface area contributed by atoms with Crippen LogP contribution in [-0.4, -0.2) is 4.21 Å². The largest absolute Gasteiger partial charge is 0.249 e. The summed E-state index contributed by atoms with van der Waals surface area (Å²) in [6, 6.07) is 15.0. The summed E-state index contributed by atoms with van der Waals surface area (Å²) in [5.41, 5.74) is -1.40. The second-order valence-electron chi connectivity index (χ2n) is 6.72. The highest BCUT2D eigenvalue weighted by Gasteiger charge is 2.31. The normalized spacial score (nSPS) is 11.2. The van der Waals surface area contributed by atoms with Crippen molar-refractivity contribution in [3.8, 4) is 22.3 Å². The van der Waals surface area contributed by atoms with Crippen molar-refractivity contribution in [2.24, 2.45) is 0 Å². The first kappa shape index (κ1) is 21.8. The molecule has 0 aliphatic rings. The molecule has 0 radical (unpaired) electrons. The molecule has 4 aromatic rings. The van der Waals surface area contributed by atoms with Crippen LogP contribution >= 0.6 is 0 Å². The molecule has 0 aliphatic heterocycles. The molecule has 4 aromatic carbocycles. The molecule has 0 aromatic heterocycles. The minimum Gasteiger partial charge on any atom is -0.249 e. The summed E-state index contributed by atoms with van der Waals surface area (Å²) in [6.45, 7) is 0. The molecule has 0 N–H and O–H groups in total. The van der Waals surface area contributed by atoms with Gasteiger partial charge < -0.3 is 0 Å². The molecule has 0 heterocycles. The lowest BCUT2D eigenvalue weighted by molar-refractivity contribution is 0.500. The van der Waals surface area contributed by atoms with E-state index in [1.807, 2.05) is 0 Å². The Hall–Kier alpha value is -3.39. The van der Waals surface area contributed by atoms with Crippen molar-refractivity contribution in [1.82, 2.24) is 0 Å². The van der Waals surface area contributed by atoms with E-state index in [9.17, 15) is 21.8 Å². The van der Waals surface area contributed by atoms with Gasteiger partial charge in [0.2, 0.25) is 0 Å². The molecule has 32 heavy (non-hydrogen) atoms. The van der Waals surface area contributed by atoms with Crippen molar-refractivity contribution in [3.63, 3.8) is 0 Å². The van der Waals surface area contributed by atoms with E-state index in [-0.39, 0.29) is 23.3 Å². The fourth-order valence-corrected chi connectivity index (χ4v) is 4.53. The Bertz CT molecular complexity index is 1240. The highest BCUT2D eigenvalue weighted by Crippen LogP contribution is 2.37. The van der Waals surface area contributed by atoms with Crippen molar-refractivity contribution in [2.75, 3.05) is 0 Å². The first-order valence-corrected chi connectivity index (χ1v) is 10.3. The summed E-state index contributed by atoms with van der Waals surface area (Å²) >= 11 is 0. The highest BCUT2D eigenvalue weighted by atomic mass is 32.2.